The highest BCUT2D eigenvalue weighted by molar-refractivity contribution is 5.15. The van der Waals surface area contributed by atoms with Crippen LogP contribution in [0.15, 0.2) is 0 Å². The summed E-state index contributed by atoms with van der Waals surface area (Å²) in [6.45, 7) is 9.14. The Morgan fingerprint density at radius 3 is 2.31 bits per heavy atom. The SMILES string of the molecule is C#CC1(O)C[C@H](C)N(C(C)(C)C)C1. The first kappa shape index (κ1) is 10.6. The van der Waals surface area contributed by atoms with Crippen LogP contribution in [0.2, 0.25) is 0 Å². The molecule has 0 aromatic carbocycles. The molecule has 13 heavy (non-hydrogen) atoms. The molecule has 1 fully saturated rings. The first-order valence-electron chi connectivity index (χ1n) is 4.75. The van der Waals surface area contributed by atoms with Gasteiger partial charge in [-0.25, -0.2) is 0 Å². The van der Waals surface area contributed by atoms with E-state index in [4.69, 9.17) is 6.42 Å². The first-order chi connectivity index (χ1) is 5.78. The van der Waals surface area contributed by atoms with Crippen molar-refractivity contribution in [3.63, 3.8) is 0 Å². The highest BCUT2D eigenvalue weighted by Crippen LogP contribution is 2.31. The fourth-order valence-corrected chi connectivity index (χ4v) is 2.10. The molecule has 1 heterocycles. The van der Waals surface area contributed by atoms with Gasteiger partial charge in [0.15, 0.2) is 0 Å². The summed E-state index contributed by atoms with van der Waals surface area (Å²) < 4.78 is 0. The summed E-state index contributed by atoms with van der Waals surface area (Å²) in [5.74, 6) is 2.49. The second kappa shape index (κ2) is 3.01. The summed E-state index contributed by atoms with van der Waals surface area (Å²) in [6.07, 6.45) is 5.99. The van der Waals surface area contributed by atoms with Gasteiger partial charge in [0.25, 0.3) is 0 Å². The van der Waals surface area contributed by atoms with Crippen molar-refractivity contribution < 1.29 is 5.11 Å². The minimum Gasteiger partial charge on any atom is -0.376 e. The van der Waals surface area contributed by atoms with E-state index >= 15 is 0 Å². The molecule has 0 amide bonds. The van der Waals surface area contributed by atoms with Gasteiger partial charge in [0.05, 0.1) is 0 Å². The Labute approximate surface area is 80.9 Å². The maximum absolute atomic E-state index is 9.93. The summed E-state index contributed by atoms with van der Waals surface area (Å²) in [6, 6.07) is 0.362. The van der Waals surface area contributed by atoms with Gasteiger partial charge >= 0.3 is 0 Å². The molecule has 2 nitrogen and oxygen atoms in total. The molecule has 2 atom stereocenters. The molecule has 0 saturated carbocycles. The number of aliphatic hydroxyl groups is 1. The average Bonchev–Trinajstić information content (AvgIpc) is 2.27. The number of rotatable bonds is 0. The smallest absolute Gasteiger partial charge is 0.139 e. The lowest BCUT2D eigenvalue weighted by atomic mass is 10.0. The molecule has 0 bridgehead atoms. The van der Waals surface area contributed by atoms with E-state index in [9.17, 15) is 5.11 Å². The number of hydrogen-bond donors (Lipinski definition) is 1. The minimum absolute atomic E-state index is 0.0841. The predicted octanol–water partition coefficient (Wildman–Crippen LogP) is 1.24. The van der Waals surface area contributed by atoms with Crippen molar-refractivity contribution in [2.24, 2.45) is 0 Å². The van der Waals surface area contributed by atoms with E-state index in [-0.39, 0.29) is 5.54 Å². The van der Waals surface area contributed by atoms with Gasteiger partial charge in [0.2, 0.25) is 0 Å². The number of β-amino-alcohol motifs (C(OH)–C–C–N with tert-alkyl or cyclic N) is 1. The van der Waals surface area contributed by atoms with Gasteiger partial charge in [-0.05, 0) is 27.7 Å². The van der Waals surface area contributed by atoms with Gasteiger partial charge in [0, 0.05) is 24.5 Å². The molecule has 1 unspecified atom stereocenters. The zero-order valence-electron chi connectivity index (χ0n) is 8.96. The van der Waals surface area contributed by atoms with Crippen molar-refractivity contribution in [3.05, 3.63) is 0 Å². The molecule has 0 radical (unpaired) electrons. The van der Waals surface area contributed by atoms with Crippen molar-refractivity contribution in [1.82, 2.24) is 4.90 Å². The van der Waals surface area contributed by atoms with Gasteiger partial charge < -0.3 is 5.11 Å². The molecule has 1 aliphatic rings. The molecular formula is C11H19NO. The van der Waals surface area contributed by atoms with E-state index in [0.29, 0.717) is 19.0 Å². The third-order valence-electron chi connectivity index (χ3n) is 2.73. The van der Waals surface area contributed by atoms with Crippen LogP contribution < -0.4 is 0 Å². The van der Waals surface area contributed by atoms with Crippen LogP contribution in [0, 0.1) is 12.3 Å². The lowest BCUT2D eigenvalue weighted by molar-refractivity contribution is 0.0790. The Morgan fingerprint density at radius 1 is 1.54 bits per heavy atom. The second-order valence-corrected chi connectivity index (χ2v) is 5.03. The van der Waals surface area contributed by atoms with Crippen molar-refractivity contribution in [1.29, 1.82) is 0 Å². The Hall–Kier alpha value is -0.520. The average molecular weight is 181 g/mol. The Kier molecular flexibility index (Phi) is 2.44. The van der Waals surface area contributed by atoms with Crippen LogP contribution in [0.4, 0.5) is 0 Å². The molecule has 1 rings (SSSR count). The lowest BCUT2D eigenvalue weighted by Gasteiger charge is -2.35. The van der Waals surface area contributed by atoms with Gasteiger partial charge in [-0.3, -0.25) is 4.90 Å². The maximum atomic E-state index is 9.93. The zero-order chi connectivity index (χ0) is 10.3. The quantitative estimate of drug-likeness (QED) is 0.568. The van der Waals surface area contributed by atoms with Crippen LogP contribution in [-0.2, 0) is 0 Å². The molecule has 1 N–H and O–H groups in total. The summed E-state index contributed by atoms with van der Waals surface area (Å²) >= 11 is 0. The van der Waals surface area contributed by atoms with Crippen LogP contribution in [0.5, 0.6) is 0 Å². The molecule has 0 aliphatic carbocycles. The number of likely N-dealkylation sites (tertiary alicyclic amines) is 1. The van der Waals surface area contributed by atoms with Crippen LogP contribution >= 0.6 is 0 Å². The van der Waals surface area contributed by atoms with E-state index in [1.807, 2.05) is 0 Å². The normalized spacial score (nSPS) is 36.2. The van der Waals surface area contributed by atoms with Gasteiger partial charge in [-0.1, -0.05) is 5.92 Å². The number of hydrogen-bond acceptors (Lipinski definition) is 2. The molecule has 0 aromatic heterocycles. The highest BCUT2D eigenvalue weighted by atomic mass is 16.3. The van der Waals surface area contributed by atoms with Gasteiger partial charge in [-0.2, -0.15) is 0 Å². The molecule has 2 heteroatoms. The van der Waals surface area contributed by atoms with E-state index in [0.717, 1.165) is 0 Å². The third-order valence-corrected chi connectivity index (χ3v) is 2.73. The first-order valence-corrected chi connectivity index (χ1v) is 4.75. The fourth-order valence-electron chi connectivity index (χ4n) is 2.10. The number of terminal acetylenes is 1. The van der Waals surface area contributed by atoms with Crippen LogP contribution in [0.3, 0.4) is 0 Å². The predicted molar refractivity (Wildman–Crippen MR) is 54.3 cm³/mol. The molecule has 0 spiro atoms. The largest absolute Gasteiger partial charge is 0.376 e. The Morgan fingerprint density at radius 2 is 2.08 bits per heavy atom. The summed E-state index contributed by atoms with van der Waals surface area (Å²) in [5.41, 5.74) is -0.826. The van der Waals surface area contributed by atoms with Crippen LogP contribution in [0.25, 0.3) is 0 Å². The van der Waals surface area contributed by atoms with Crippen molar-refractivity contribution in [3.8, 4) is 12.3 Å². The van der Waals surface area contributed by atoms with Gasteiger partial charge in [-0.15, -0.1) is 6.42 Å². The fraction of sp³-hybridized carbons (Fsp3) is 0.818. The molecule has 74 valence electrons. The van der Waals surface area contributed by atoms with E-state index in [2.05, 4.69) is 38.5 Å². The summed E-state index contributed by atoms with van der Waals surface area (Å²) in [5, 5.41) is 9.93. The monoisotopic (exact) mass is 181 g/mol. The Balaban J connectivity index is 2.80. The van der Waals surface area contributed by atoms with Crippen LogP contribution in [-0.4, -0.2) is 33.7 Å². The van der Waals surface area contributed by atoms with Crippen molar-refractivity contribution in [2.75, 3.05) is 6.54 Å². The van der Waals surface area contributed by atoms with E-state index in [1.165, 1.54) is 0 Å². The van der Waals surface area contributed by atoms with Crippen molar-refractivity contribution in [2.45, 2.75) is 51.3 Å². The standard InChI is InChI=1S/C11H19NO/c1-6-11(13)7-9(2)12(8-11)10(3,4)5/h1,9,13H,7-8H2,2-5H3/t9-,11?/m0/s1. The molecular weight excluding hydrogens is 162 g/mol. The maximum Gasteiger partial charge on any atom is 0.139 e. The zero-order valence-corrected chi connectivity index (χ0v) is 8.96. The van der Waals surface area contributed by atoms with Gasteiger partial charge in [0.1, 0.15) is 5.60 Å². The molecule has 1 aliphatic heterocycles. The Bertz CT molecular complexity index is 235. The molecule has 1 saturated heterocycles. The van der Waals surface area contributed by atoms with Crippen molar-refractivity contribution >= 4 is 0 Å². The molecule has 0 aromatic rings. The van der Waals surface area contributed by atoms with E-state index in [1.54, 1.807) is 0 Å². The highest BCUT2D eigenvalue weighted by Gasteiger charge is 2.43. The minimum atomic E-state index is -0.910. The third kappa shape index (κ3) is 2.04. The second-order valence-electron chi connectivity index (χ2n) is 5.03. The van der Waals surface area contributed by atoms with Crippen LogP contribution in [0.1, 0.15) is 34.1 Å². The van der Waals surface area contributed by atoms with E-state index < -0.39 is 5.60 Å². The lowest BCUT2D eigenvalue weighted by Crippen LogP contribution is -2.45. The topological polar surface area (TPSA) is 23.5 Å². The summed E-state index contributed by atoms with van der Waals surface area (Å²) in [4.78, 5) is 2.26. The summed E-state index contributed by atoms with van der Waals surface area (Å²) in [7, 11) is 0. The number of nitrogens with zero attached hydrogens (tertiary/aromatic N) is 1.